The van der Waals surface area contributed by atoms with Gasteiger partial charge in [-0.2, -0.15) is 0 Å². The van der Waals surface area contributed by atoms with Crippen LogP contribution in [0.2, 0.25) is 0 Å². The molecule has 6 heteroatoms. The third kappa shape index (κ3) is 6.55. The van der Waals surface area contributed by atoms with Crippen molar-refractivity contribution in [3.63, 3.8) is 0 Å². The number of aromatic nitrogens is 2. The van der Waals surface area contributed by atoms with Crippen molar-refractivity contribution in [3.05, 3.63) is 18.1 Å². The maximum Gasteiger partial charge on any atom is 0.302 e. The minimum Gasteiger partial charge on any atom is -0.466 e. The molecule has 4 rings (SSSR count). The Labute approximate surface area is 213 Å². The predicted octanol–water partition coefficient (Wildman–Crippen LogP) is 5.72. The van der Waals surface area contributed by atoms with E-state index in [-0.39, 0.29) is 5.97 Å². The lowest BCUT2D eigenvalue weighted by molar-refractivity contribution is -0.141. The maximum absolute atomic E-state index is 10.8. The fourth-order valence-electron chi connectivity index (χ4n) is 7.02. The van der Waals surface area contributed by atoms with Gasteiger partial charge in [0.05, 0.1) is 6.61 Å². The van der Waals surface area contributed by atoms with Gasteiger partial charge in [-0.15, -0.1) is 0 Å². The second-order valence-corrected chi connectivity index (χ2v) is 12.7. The monoisotopic (exact) mass is 484 g/mol. The molecule has 0 aromatic carbocycles. The predicted molar refractivity (Wildman–Crippen MR) is 142 cm³/mol. The summed E-state index contributed by atoms with van der Waals surface area (Å²) in [6, 6.07) is 2.67. The Hall–Kier alpha value is -1.69. The number of nitrogens with one attached hydrogen (secondary N) is 1. The Balaban J connectivity index is 1.28. The lowest BCUT2D eigenvalue weighted by Crippen LogP contribution is -2.47. The van der Waals surface area contributed by atoms with Crippen molar-refractivity contribution in [3.8, 4) is 0 Å². The van der Waals surface area contributed by atoms with E-state index >= 15 is 0 Å². The number of hydrogen-bond acceptors (Lipinski definition) is 6. The molecule has 2 heterocycles. The number of anilines is 1. The van der Waals surface area contributed by atoms with Gasteiger partial charge in [-0.25, -0.2) is 9.97 Å². The molecule has 2 saturated carbocycles. The van der Waals surface area contributed by atoms with Crippen LogP contribution in [0.3, 0.4) is 0 Å². The molecule has 3 atom stereocenters. The van der Waals surface area contributed by atoms with Crippen molar-refractivity contribution in [1.29, 1.82) is 0 Å². The Bertz CT molecular complexity index is 847. The molecule has 3 unspecified atom stereocenters. The van der Waals surface area contributed by atoms with E-state index in [1.54, 1.807) is 0 Å². The molecule has 0 amide bonds. The topological polar surface area (TPSA) is 67.3 Å². The van der Waals surface area contributed by atoms with E-state index in [4.69, 9.17) is 14.7 Å². The standard InChI is InChI=1S/C29H48N4O2/c1-21(34)35-19-7-6-15-30-23-11-17-33(18-12-23)26-10-16-31-27(32-26)22-8-9-24-25(20-22)29(4,5)14-13-28(24,2)3/h10,16,22-25,30H,6-9,11-15,17-20H2,1-5H3. The Kier molecular flexibility index (Phi) is 8.40. The number of nitrogens with zero attached hydrogens (tertiary/aromatic N) is 3. The fraction of sp³-hybridized carbons (Fsp3) is 0.828. The second-order valence-electron chi connectivity index (χ2n) is 12.7. The number of esters is 1. The summed E-state index contributed by atoms with van der Waals surface area (Å²) in [4.78, 5) is 23.2. The Morgan fingerprint density at radius 2 is 1.77 bits per heavy atom. The van der Waals surface area contributed by atoms with E-state index in [2.05, 4.69) is 44.0 Å². The van der Waals surface area contributed by atoms with Crippen molar-refractivity contribution in [2.45, 2.75) is 104 Å². The van der Waals surface area contributed by atoms with Gasteiger partial charge in [0.15, 0.2) is 0 Å². The Morgan fingerprint density at radius 1 is 1.06 bits per heavy atom. The minimum atomic E-state index is -0.187. The summed E-state index contributed by atoms with van der Waals surface area (Å²) in [5.41, 5.74) is 0.889. The van der Waals surface area contributed by atoms with Crippen LogP contribution in [0.1, 0.15) is 104 Å². The summed E-state index contributed by atoms with van der Waals surface area (Å²) in [7, 11) is 0. The number of piperidine rings is 1. The van der Waals surface area contributed by atoms with E-state index in [9.17, 15) is 4.79 Å². The minimum absolute atomic E-state index is 0.187. The second kappa shape index (κ2) is 11.1. The number of unbranched alkanes of at least 4 members (excludes halogenated alkanes) is 1. The van der Waals surface area contributed by atoms with Crippen LogP contribution in [0.4, 0.5) is 5.82 Å². The van der Waals surface area contributed by atoms with Gasteiger partial charge in [-0.1, -0.05) is 27.7 Å². The van der Waals surface area contributed by atoms with E-state index in [1.807, 2.05) is 6.20 Å². The van der Waals surface area contributed by atoms with Gasteiger partial charge in [0, 0.05) is 38.2 Å². The molecule has 1 aromatic rings. The first-order valence-corrected chi connectivity index (χ1v) is 14.1. The summed E-state index contributed by atoms with van der Waals surface area (Å²) in [6.45, 7) is 15.1. The first-order valence-electron chi connectivity index (χ1n) is 14.1. The SMILES string of the molecule is CC(=O)OCCCCNC1CCN(c2ccnc(C3CCC4C(C3)C(C)(C)CCC4(C)C)n2)CC1. The van der Waals surface area contributed by atoms with Crippen LogP contribution in [-0.4, -0.2) is 48.2 Å². The zero-order chi connectivity index (χ0) is 25.1. The maximum atomic E-state index is 10.8. The summed E-state index contributed by atoms with van der Waals surface area (Å²) in [5, 5.41) is 3.69. The van der Waals surface area contributed by atoms with Crippen molar-refractivity contribution in [2.24, 2.45) is 22.7 Å². The van der Waals surface area contributed by atoms with Gasteiger partial charge in [-0.05, 0) is 93.1 Å². The van der Waals surface area contributed by atoms with Gasteiger partial charge in [0.25, 0.3) is 0 Å². The number of fused-ring (bicyclic) bond motifs is 1. The molecule has 2 aliphatic carbocycles. The molecule has 196 valence electrons. The van der Waals surface area contributed by atoms with E-state index in [0.717, 1.165) is 68.8 Å². The summed E-state index contributed by atoms with van der Waals surface area (Å²) in [5.74, 6) is 4.10. The highest BCUT2D eigenvalue weighted by Gasteiger charge is 2.50. The highest BCUT2D eigenvalue weighted by atomic mass is 16.5. The molecule has 35 heavy (non-hydrogen) atoms. The first kappa shape index (κ1) is 26.4. The lowest BCUT2D eigenvalue weighted by Gasteiger charge is -2.55. The molecule has 3 fully saturated rings. The smallest absolute Gasteiger partial charge is 0.302 e. The highest BCUT2D eigenvalue weighted by Crippen LogP contribution is 2.59. The average Bonchev–Trinajstić information content (AvgIpc) is 2.84. The van der Waals surface area contributed by atoms with Crippen molar-refractivity contribution >= 4 is 11.8 Å². The first-order chi connectivity index (χ1) is 16.7. The fourth-order valence-corrected chi connectivity index (χ4v) is 7.02. The molecule has 3 aliphatic rings. The number of ether oxygens (including phenoxy) is 1. The Morgan fingerprint density at radius 3 is 2.49 bits per heavy atom. The van der Waals surface area contributed by atoms with Crippen LogP contribution in [0.25, 0.3) is 0 Å². The molecule has 0 bridgehead atoms. The summed E-state index contributed by atoms with van der Waals surface area (Å²) in [6.07, 6.45) is 12.7. The molecule has 1 aliphatic heterocycles. The van der Waals surface area contributed by atoms with Crippen LogP contribution in [-0.2, 0) is 9.53 Å². The van der Waals surface area contributed by atoms with Crippen LogP contribution in [0.5, 0.6) is 0 Å². The normalized spacial score (nSPS) is 28.4. The zero-order valence-corrected chi connectivity index (χ0v) is 22.8. The molecule has 1 N–H and O–H groups in total. The van der Waals surface area contributed by atoms with Gasteiger partial charge >= 0.3 is 5.97 Å². The quantitative estimate of drug-likeness (QED) is 0.376. The van der Waals surface area contributed by atoms with Gasteiger partial charge in [0.1, 0.15) is 11.6 Å². The van der Waals surface area contributed by atoms with Crippen LogP contribution in [0, 0.1) is 22.7 Å². The third-order valence-electron chi connectivity index (χ3n) is 9.42. The highest BCUT2D eigenvalue weighted by molar-refractivity contribution is 5.65. The van der Waals surface area contributed by atoms with Crippen molar-refractivity contribution in [1.82, 2.24) is 15.3 Å². The van der Waals surface area contributed by atoms with E-state index in [0.29, 0.717) is 29.4 Å². The largest absolute Gasteiger partial charge is 0.466 e. The molecular weight excluding hydrogens is 436 g/mol. The zero-order valence-electron chi connectivity index (χ0n) is 22.8. The number of carbonyl (C=O) groups is 1. The van der Waals surface area contributed by atoms with E-state index in [1.165, 1.54) is 39.0 Å². The van der Waals surface area contributed by atoms with E-state index < -0.39 is 0 Å². The molecule has 1 aromatic heterocycles. The number of rotatable bonds is 8. The van der Waals surface area contributed by atoms with Crippen LogP contribution >= 0.6 is 0 Å². The average molecular weight is 485 g/mol. The number of hydrogen-bond donors (Lipinski definition) is 1. The lowest BCUT2D eigenvalue weighted by atomic mass is 9.50. The van der Waals surface area contributed by atoms with Crippen molar-refractivity contribution in [2.75, 3.05) is 31.1 Å². The molecule has 0 spiro atoms. The summed E-state index contributed by atoms with van der Waals surface area (Å²) >= 11 is 0. The molecule has 0 radical (unpaired) electrons. The molecule has 6 nitrogen and oxygen atoms in total. The third-order valence-corrected chi connectivity index (χ3v) is 9.42. The van der Waals surface area contributed by atoms with Gasteiger partial charge in [-0.3, -0.25) is 4.79 Å². The number of carbonyl (C=O) groups excluding carboxylic acids is 1. The van der Waals surface area contributed by atoms with Gasteiger partial charge in [0.2, 0.25) is 0 Å². The molecular formula is C29H48N4O2. The molecule has 1 saturated heterocycles. The van der Waals surface area contributed by atoms with Gasteiger partial charge < -0.3 is 15.0 Å². The van der Waals surface area contributed by atoms with Crippen LogP contribution < -0.4 is 10.2 Å². The van der Waals surface area contributed by atoms with Crippen LogP contribution in [0.15, 0.2) is 12.3 Å². The van der Waals surface area contributed by atoms with Crippen molar-refractivity contribution < 1.29 is 9.53 Å². The summed E-state index contributed by atoms with van der Waals surface area (Å²) < 4.78 is 5.01.